The van der Waals surface area contributed by atoms with Crippen LogP contribution in [0.4, 0.5) is 0 Å². The second-order valence-electron chi connectivity index (χ2n) is 6.90. The van der Waals surface area contributed by atoms with Gasteiger partial charge in [-0.3, -0.25) is 4.79 Å². The number of carbonyl (C=O) groups is 1. The lowest BCUT2D eigenvalue weighted by molar-refractivity contribution is -0.133. The molecule has 1 aliphatic heterocycles. The number of piperazine rings is 1. The Morgan fingerprint density at radius 2 is 1.61 bits per heavy atom. The number of amides is 1. The van der Waals surface area contributed by atoms with Crippen molar-refractivity contribution in [2.24, 2.45) is 0 Å². The van der Waals surface area contributed by atoms with E-state index in [1.165, 1.54) is 28.6 Å². The summed E-state index contributed by atoms with van der Waals surface area (Å²) in [6.45, 7) is 2.72. The van der Waals surface area contributed by atoms with Crippen LogP contribution in [0.1, 0.15) is 5.56 Å². The summed E-state index contributed by atoms with van der Waals surface area (Å²) in [6.07, 6.45) is 0. The lowest BCUT2D eigenvalue weighted by Crippen LogP contribution is -2.50. The number of benzene rings is 2. The summed E-state index contributed by atoms with van der Waals surface area (Å²) >= 11 is 5.90. The molecule has 0 unspecified atom stereocenters. The van der Waals surface area contributed by atoms with Crippen LogP contribution in [0, 0.1) is 0 Å². The molecule has 0 bridgehead atoms. The Balaban J connectivity index is 1.84. The molecule has 0 spiro atoms. The first kappa shape index (κ1) is 20.8. The molecular weight excluding hydrogens is 398 g/mol. The summed E-state index contributed by atoms with van der Waals surface area (Å²) < 4.78 is 27.7. The zero-order valence-electron chi connectivity index (χ0n) is 15.8. The topological polar surface area (TPSA) is 60.9 Å². The fraction of sp³-hybridized carbons (Fsp3) is 0.350. The van der Waals surface area contributed by atoms with Gasteiger partial charge >= 0.3 is 0 Å². The zero-order valence-corrected chi connectivity index (χ0v) is 17.4. The number of rotatable bonds is 6. The van der Waals surface area contributed by atoms with Crippen molar-refractivity contribution >= 4 is 27.5 Å². The van der Waals surface area contributed by atoms with E-state index in [9.17, 15) is 13.2 Å². The number of halogens is 1. The molecule has 2 aromatic rings. The van der Waals surface area contributed by atoms with Gasteiger partial charge in [0.15, 0.2) is 0 Å². The van der Waals surface area contributed by atoms with Crippen molar-refractivity contribution in [1.29, 1.82) is 0 Å². The van der Waals surface area contributed by atoms with Crippen LogP contribution in [0.3, 0.4) is 0 Å². The average molecular weight is 422 g/mol. The molecule has 2 aromatic carbocycles. The van der Waals surface area contributed by atoms with E-state index in [-0.39, 0.29) is 23.9 Å². The third-order valence-corrected chi connectivity index (χ3v) is 6.88. The van der Waals surface area contributed by atoms with Gasteiger partial charge in [-0.05, 0) is 36.9 Å². The first-order chi connectivity index (χ1) is 13.4. The van der Waals surface area contributed by atoms with E-state index in [0.29, 0.717) is 18.1 Å². The van der Waals surface area contributed by atoms with E-state index < -0.39 is 10.0 Å². The smallest absolute Gasteiger partial charge is 0.243 e. The maximum Gasteiger partial charge on any atom is 0.243 e. The maximum absolute atomic E-state index is 13.2. The fourth-order valence-electron chi connectivity index (χ4n) is 3.08. The molecule has 28 heavy (non-hydrogen) atoms. The second kappa shape index (κ2) is 9.05. The highest BCUT2D eigenvalue weighted by molar-refractivity contribution is 7.89. The predicted molar refractivity (Wildman–Crippen MR) is 110 cm³/mol. The monoisotopic (exact) mass is 421 g/mol. The molecule has 0 atom stereocenters. The average Bonchev–Trinajstić information content (AvgIpc) is 2.69. The zero-order chi connectivity index (χ0) is 20.1. The van der Waals surface area contributed by atoms with Gasteiger partial charge in [-0.15, -0.1) is 0 Å². The number of carbonyl (C=O) groups excluding carboxylic acids is 1. The third kappa shape index (κ3) is 5.11. The van der Waals surface area contributed by atoms with Gasteiger partial charge in [0.2, 0.25) is 15.9 Å². The van der Waals surface area contributed by atoms with Crippen LogP contribution in [0.25, 0.3) is 0 Å². The summed E-state index contributed by atoms with van der Waals surface area (Å²) in [5.74, 6) is -0.179. The summed E-state index contributed by atoms with van der Waals surface area (Å²) in [5.41, 5.74) is 0.825. The predicted octanol–water partition coefficient (Wildman–Crippen LogP) is 2.30. The molecule has 1 amide bonds. The lowest BCUT2D eigenvalue weighted by atomic mass is 10.2. The van der Waals surface area contributed by atoms with E-state index >= 15 is 0 Å². The summed E-state index contributed by atoms with van der Waals surface area (Å²) in [4.78, 5) is 16.8. The van der Waals surface area contributed by atoms with E-state index in [1.54, 1.807) is 4.90 Å². The van der Waals surface area contributed by atoms with Gasteiger partial charge in [-0.25, -0.2) is 8.42 Å². The summed E-state index contributed by atoms with van der Waals surface area (Å²) in [6, 6.07) is 15.3. The Morgan fingerprint density at radius 3 is 2.21 bits per heavy atom. The highest BCUT2D eigenvalue weighted by Crippen LogP contribution is 2.21. The minimum Gasteiger partial charge on any atom is -0.339 e. The normalized spacial score (nSPS) is 15.8. The summed E-state index contributed by atoms with van der Waals surface area (Å²) in [7, 11) is -1.84. The molecular formula is C20H24ClN3O3S. The minimum absolute atomic E-state index is 0.124. The van der Waals surface area contributed by atoms with Gasteiger partial charge in [-0.1, -0.05) is 41.9 Å². The third-order valence-electron chi connectivity index (χ3n) is 4.82. The standard InChI is InChI=1S/C20H24ClN3O3S/c1-22-11-13-23(14-12-22)20(25)16-24(15-17-5-3-2-4-6-17)28(26,27)19-9-7-18(21)8-10-19/h2-10H,11-16H2,1H3. The largest absolute Gasteiger partial charge is 0.339 e. The van der Waals surface area contributed by atoms with Gasteiger partial charge in [0.05, 0.1) is 11.4 Å². The molecule has 8 heteroatoms. The Labute approximate surface area is 171 Å². The molecule has 1 saturated heterocycles. The van der Waals surface area contributed by atoms with Crippen LogP contribution in [0.15, 0.2) is 59.5 Å². The van der Waals surface area contributed by atoms with Crippen molar-refractivity contribution in [3.05, 3.63) is 65.2 Å². The van der Waals surface area contributed by atoms with Gasteiger partial charge in [-0.2, -0.15) is 4.31 Å². The number of sulfonamides is 1. The molecule has 1 fully saturated rings. The number of hydrogen-bond acceptors (Lipinski definition) is 4. The molecule has 0 N–H and O–H groups in total. The van der Waals surface area contributed by atoms with Gasteiger partial charge in [0.1, 0.15) is 0 Å². The highest BCUT2D eigenvalue weighted by atomic mass is 35.5. The first-order valence-corrected chi connectivity index (χ1v) is 10.9. The molecule has 3 rings (SSSR count). The van der Waals surface area contributed by atoms with Crippen molar-refractivity contribution in [2.45, 2.75) is 11.4 Å². The van der Waals surface area contributed by atoms with E-state index in [0.717, 1.165) is 18.7 Å². The van der Waals surface area contributed by atoms with Gasteiger partial charge < -0.3 is 9.80 Å². The Kier molecular flexibility index (Phi) is 6.72. The SMILES string of the molecule is CN1CCN(C(=O)CN(Cc2ccccc2)S(=O)(=O)c2ccc(Cl)cc2)CC1. The summed E-state index contributed by atoms with van der Waals surface area (Å²) in [5, 5.41) is 0.460. The van der Waals surface area contributed by atoms with Crippen LogP contribution in [-0.2, 0) is 21.4 Å². The molecule has 1 heterocycles. The van der Waals surface area contributed by atoms with Crippen LogP contribution < -0.4 is 0 Å². The Hall–Kier alpha value is -1.93. The van der Waals surface area contributed by atoms with Crippen LogP contribution >= 0.6 is 11.6 Å². The second-order valence-corrected chi connectivity index (χ2v) is 9.27. The van der Waals surface area contributed by atoms with Crippen molar-refractivity contribution in [3.8, 4) is 0 Å². The first-order valence-electron chi connectivity index (χ1n) is 9.12. The fourth-order valence-corrected chi connectivity index (χ4v) is 4.58. The van der Waals surface area contributed by atoms with Crippen molar-refractivity contribution < 1.29 is 13.2 Å². The number of nitrogens with zero attached hydrogens (tertiary/aromatic N) is 3. The van der Waals surface area contributed by atoms with Crippen molar-refractivity contribution in [1.82, 2.24) is 14.1 Å². The van der Waals surface area contributed by atoms with E-state index in [2.05, 4.69) is 4.90 Å². The molecule has 6 nitrogen and oxygen atoms in total. The van der Waals surface area contributed by atoms with Crippen LogP contribution in [-0.4, -0.2) is 68.2 Å². The molecule has 1 aliphatic rings. The van der Waals surface area contributed by atoms with Gasteiger partial charge in [0.25, 0.3) is 0 Å². The molecule has 0 aromatic heterocycles. The molecule has 0 aliphatic carbocycles. The van der Waals surface area contributed by atoms with Crippen molar-refractivity contribution in [2.75, 3.05) is 39.8 Å². The maximum atomic E-state index is 13.2. The van der Waals surface area contributed by atoms with Crippen LogP contribution in [0.2, 0.25) is 5.02 Å². The van der Waals surface area contributed by atoms with Crippen LogP contribution in [0.5, 0.6) is 0 Å². The Bertz CT molecular complexity index is 896. The quantitative estimate of drug-likeness (QED) is 0.718. The molecule has 0 saturated carbocycles. The van der Waals surface area contributed by atoms with E-state index in [4.69, 9.17) is 11.6 Å². The number of likely N-dealkylation sites (N-methyl/N-ethyl adjacent to an activating group) is 1. The van der Waals surface area contributed by atoms with Gasteiger partial charge in [0, 0.05) is 37.7 Å². The van der Waals surface area contributed by atoms with Crippen molar-refractivity contribution in [3.63, 3.8) is 0 Å². The Morgan fingerprint density at radius 1 is 1.00 bits per heavy atom. The molecule has 0 radical (unpaired) electrons. The van der Waals surface area contributed by atoms with E-state index in [1.807, 2.05) is 37.4 Å². The number of hydrogen-bond donors (Lipinski definition) is 0. The minimum atomic E-state index is -3.84. The lowest BCUT2D eigenvalue weighted by Gasteiger charge is -2.33. The molecule has 150 valence electrons. The highest BCUT2D eigenvalue weighted by Gasteiger charge is 2.29.